The molecule has 0 bridgehead atoms. The number of benzene rings is 1. The Morgan fingerprint density at radius 3 is 2.23 bits per heavy atom. The molecule has 0 saturated carbocycles. The second kappa shape index (κ2) is 5.10. The molecular formula is C9H11Br2NO. The minimum atomic E-state index is -0.0983. The van der Waals surface area contributed by atoms with Gasteiger partial charge in [0, 0.05) is 21.6 Å². The Kier molecular flexibility index (Phi) is 4.38. The molecule has 72 valence electrons. The van der Waals surface area contributed by atoms with Crippen molar-refractivity contribution in [1.82, 2.24) is 0 Å². The Morgan fingerprint density at radius 2 is 1.77 bits per heavy atom. The van der Waals surface area contributed by atoms with E-state index in [0.29, 0.717) is 6.42 Å². The average Bonchev–Trinajstić information content (AvgIpc) is 2.03. The number of halogens is 2. The SMILES string of the molecule is NC(CCO)c1cc(Br)cc(Br)c1. The van der Waals surface area contributed by atoms with E-state index in [0.717, 1.165) is 14.5 Å². The van der Waals surface area contributed by atoms with Crippen LogP contribution in [0.3, 0.4) is 0 Å². The van der Waals surface area contributed by atoms with Crippen LogP contribution in [0.5, 0.6) is 0 Å². The lowest BCUT2D eigenvalue weighted by Crippen LogP contribution is -2.11. The highest BCUT2D eigenvalue weighted by atomic mass is 79.9. The van der Waals surface area contributed by atoms with Crippen molar-refractivity contribution >= 4 is 31.9 Å². The number of nitrogens with two attached hydrogens (primary N) is 1. The van der Waals surface area contributed by atoms with Crippen molar-refractivity contribution < 1.29 is 5.11 Å². The Bertz CT molecular complexity index is 271. The lowest BCUT2D eigenvalue weighted by atomic mass is 10.1. The van der Waals surface area contributed by atoms with Crippen LogP contribution in [0.4, 0.5) is 0 Å². The Hall–Kier alpha value is 0.1000. The van der Waals surface area contributed by atoms with Crippen molar-refractivity contribution in [1.29, 1.82) is 0 Å². The summed E-state index contributed by atoms with van der Waals surface area (Å²) in [5.41, 5.74) is 6.87. The topological polar surface area (TPSA) is 46.2 Å². The van der Waals surface area contributed by atoms with Gasteiger partial charge in [0.25, 0.3) is 0 Å². The summed E-state index contributed by atoms with van der Waals surface area (Å²) in [5, 5.41) is 8.73. The molecule has 0 fully saturated rings. The molecule has 1 aromatic rings. The molecule has 1 rings (SSSR count). The van der Waals surface area contributed by atoms with Crippen LogP contribution in [-0.2, 0) is 0 Å². The molecular weight excluding hydrogens is 298 g/mol. The van der Waals surface area contributed by atoms with Crippen molar-refractivity contribution in [2.45, 2.75) is 12.5 Å². The first-order valence-electron chi connectivity index (χ1n) is 3.96. The molecule has 0 radical (unpaired) electrons. The predicted molar refractivity (Wildman–Crippen MR) is 60.5 cm³/mol. The van der Waals surface area contributed by atoms with E-state index in [1.165, 1.54) is 0 Å². The highest BCUT2D eigenvalue weighted by Crippen LogP contribution is 2.24. The van der Waals surface area contributed by atoms with E-state index in [-0.39, 0.29) is 12.6 Å². The van der Waals surface area contributed by atoms with Gasteiger partial charge in [0.1, 0.15) is 0 Å². The van der Waals surface area contributed by atoms with Crippen LogP contribution in [-0.4, -0.2) is 11.7 Å². The van der Waals surface area contributed by atoms with E-state index in [9.17, 15) is 0 Å². The standard InChI is InChI=1S/C9H11Br2NO/c10-7-3-6(4-8(11)5-7)9(12)1-2-13/h3-5,9,13H,1-2,12H2. The predicted octanol–water partition coefficient (Wildman–Crippen LogP) is 2.59. The van der Waals surface area contributed by atoms with Crippen molar-refractivity contribution in [3.63, 3.8) is 0 Å². The van der Waals surface area contributed by atoms with E-state index in [2.05, 4.69) is 31.9 Å². The van der Waals surface area contributed by atoms with Crippen LogP contribution in [0.1, 0.15) is 18.0 Å². The zero-order chi connectivity index (χ0) is 9.84. The summed E-state index contributed by atoms with van der Waals surface area (Å²) in [7, 11) is 0. The molecule has 0 aliphatic rings. The van der Waals surface area contributed by atoms with Crippen molar-refractivity contribution in [2.24, 2.45) is 5.73 Å². The third-order valence-corrected chi connectivity index (χ3v) is 2.67. The molecule has 2 nitrogen and oxygen atoms in total. The monoisotopic (exact) mass is 307 g/mol. The van der Waals surface area contributed by atoms with Gasteiger partial charge in [0.2, 0.25) is 0 Å². The maximum atomic E-state index is 8.73. The summed E-state index contributed by atoms with van der Waals surface area (Å²) >= 11 is 6.77. The first kappa shape index (κ1) is 11.2. The molecule has 0 saturated heterocycles. The van der Waals surface area contributed by atoms with E-state index >= 15 is 0 Å². The van der Waals surface area contributed by atoms with Gasteiger partial charge >= 0.3 is 0 Å². The van der Waals surface area contributed by atoms with Gasteiger partial charge in [0.15, 0.2) is 0 Å². The van der Waals surface area contributed by atoms with Crippen molar-refractivity contribution in [3.8, 4) is 0 Å². The van der Waals surface area contributed by atoms with E-state index < -0.39 is 0 Å². The fourth-order valence-electron chi connectivity index (χ4n) is 1.09. The maximum Gasteiger partial charge on any atom is 0.0449 e. The third-order valence-electron chi connectivity index (χ3n) is 1.75. The molecule has 0 spiro atoms. The Morgan fingerprint density at radius 1 is 1.23 bits per heavy atom. The second-order valence-corrected chi connectivity index (χ2v) is 4.65. The molecule has 0 aliphatic carbocycles. The van der Waals surface area contributed by atoms with Crippen molar-refractivity contribution in [3.05, 3.63) is 32.7 Å². The summed E-state index contributed by atoms with van der Waals surface area (Å²) in [6.07, 6.45) is 0.586. The first-order valence-corrected chi connectivity index (χ1v) is 5.54. The van der Waals surface area contributed by atoms with Gasteiger partial charge in [-0.25, -0.2) is 0 Å². The summed E-state index contributed by atoms with van der Waals surface area (Å²) in [6.45, 7) is 0.116. The third kappa shape index (κ3) is 3.38. The molecule has 4 heteroatoms. The minimum absolute atomic E-state index is 0.0983. The number of hydrogen-bond donors (Lipinski definition) is 2. The molecule has 1 atom stereocenters. The molecule has 0 aliphatic heterocycles. The summed E-state index contributed by atoms with van der Waals surface area (Å²) < 4.78 is 1.98. The van der Waals surface area contributed by atoms with Gasteiger partial charge in [-0.3, -0.25) is 0 Å². The summed E-state index contributed by atoms with van der Waals surface area (Å²) in [4.78, 5) is 0. The minimum Gasteiger partial charge on any atom is -0.396 e. The lowest BCUT2D eigenvalue weighted by Gasteiger charge is -2.11. The summed E-state index contributed by atoms with van der Waals surface area (Å²) in [6, 6.07) is 5.78. The van der Waals surface area contributed by atoms with Gasteiger partial charge in [-0.2, -0.15) is 0 Å². The lowest BCUT2D eigenvalue weighted by molar-refractivity contribution is 0.276. The summed E-state index contributed by atoms with van der Waals surface area (Å²) in [5.74, 6) is 0. The highest BCUT2D eigenvalue weighted by Gasteiger charge is 2.06. The average molecular weight is 309 g/mol. The Balaban J connectivity index is 2.87. The van der Waals surface area contributed by atoms with Crippen LogP contribution in [0.2, 0.25) is 0 Å². The zero-order valence-electron chi connectivity index (χ0n) is 7.00. The van der Waals surface area contributed by atoms with Crippen LogP contribution in [0, 0.1) is 0 Å². The maximum absolute atomic E-state index is 8.73. The van der Waals surface area contributed by atoms with Crippen LogP contribution >= 0.6 is 31.9 Å². The number of rotatable bonds is 3. The number of hydrogen-bond acceptors (Lipinski definition) is 2. The van der Waals surface area contributed by atoms with Crippen LogP contribution in [0.25, 0.3) is 0 Å². The molecule has 1 aromatic carbocycles. The number of aliphatic hydroxyl groups is 1. The molecule has 0 amide bonds. The quantitative estimate of drug-likeness (QED) is 0.901. The smallest absolute Gasteiger partial charge is 0.0449 e. The van der Waals surface area contributed by atoms with E-state index in [1.807, 2.05) is 18.2 Å². The molecule has 0 aromatic heterocycles. The highest BCUT2D eigenvalue weighted by molar-refractivity contribution is 9.11. The van der Waals surface area contributed by atoms with Gasteiger partial charge in [0.05, 0.1) is 0 Å². The van der Waals surface area contributed by atoms with Crippen LogP contribution < -0.4 is 5.73 Å². The molecule has 1 unspecified atom stereocenters. The second-order valence-electron chi connectivity index (χ2n) is 2.82. The number of aliphatic hydroxyl groups excluding tert-OH is 1. The van der Waals surface area contributed by atoms with Crippen molar-refractivity contribution in [2.75, 3.05) is 6.61 Å². The molecule has 0 heterocycles. The Labute approximate surface area is 94.4 Å². The van der Waals surface area contributed by atoms with Gasteiger partial charge < -0.3 is 10.8 Å². The fourth-order valence-corrected chi connectivity index (χ4v) is 2.42. The van der Waals surface area contributed by atoms with E-state index in [4.69, 9.17) is 10.8 Å². The fraction of sp³-hybridized carbons (Fsp3) is 0.333. The van der Waals surface area contributed by atoms with Gasteiger partial charge in [-0.15, -0.1) is 0 Å². The molecule has 13 heavy (non-hydrogen) atoms. The van der Waals surface area contributed by atoms with Gasteiger partial charge in [-0.05, 0) is 30.2 Å². The first-order chi connectivity index (χ1) is 6.13. The normalized spacial score (nSPS) is 12.9. The largest absolute Gasteiger partial charge is 0.396 e. The van der Waals surface area contributed by atoms with Crippen LogP contribution in [0.15, 0.2) is 27.1 Å². The van der Waals surface area contributed by atoms with E-state index in [1.54, 1.807) is 0 Å². The zero-order valence-corrected chi connectivity index (χ0v) is 10.2. The molecule has 3 N–H and O–H groups in total. The van der Waals surface area contributed by atoms with Gasteiger partial charge in [-0.1, -0.05) is 31.9 Å².